The maximum atomic E-state index is 6.05. The Labute approximate surface area is 218 Å². The molecule has 6 rings (SSSR count). The van der Waals surface area contributed by atoms with Gasteiger partial charge in [0.15, 0.2) is 0 Å². The number of nitrogens with zero attached hydrogens (tertiary/aromatic N) is 3. The van der Waals surface area contributed by atoms with Crippen molar-refractivity contribution in [1.82, 2.24) is 14.9 Å². The van der Waals surface area contributed by atoms with E-state index in [0.29, 0.717) is 6.04 Å². The number of likely N-dealkylation sites (tertiary alicyclic amines) is 1. The van der Waals surface area contributed by atoms with Gasteiger partial charge in [-0.25, -0.2) is 9.97 Å². The van der Waals surface area contributed by atoms with Gasteiger partial charge in [-0.3, -0.25) is 4.90 Å². The van der Waals surface area contributed by atoms with E-state index in [1.807, 2.05) is 12.1 Å². The van der Waals surface area contributed by atoms with E-state index in [1.165, 1.54) is 59.9 Å². The Hall–Kier alpha value is -2.95. The van der Waals surface area contributed by atoms with Crippen LogP contribution in [0.25, 0.3) is 22.0 Å². The average Bonchev–Trinajstić information content (AvgIpc) is 2.90. The molecule has 36 heavy (non-hydrogen) atoms. The lowest BCUT2D eigenvalue weighted by Crippen LogP contribution is -2.41. The van der Waals surface area contributed by atoms with E-state index in [-0.39, 0.29) is 0 Å². The van der Waals surface area contributed by atoms with Crippen LogP contribution in [0.1, 0.15) is 48.1 Å². The van der Waals surface area contributed by atoms with Crippen molar-refractivity contribution >= 4 is 28.5 Å². The summed E-state index contributed by atoms with van der Waals surface area (Å²) in [6.45, 7) is 5.15. The molecule has 1 aromatic heterocycles. The van der Waals surface area contributed by atoms with E-state index in [2.05, 4.69) is 65.7 Å². The van der Waals surface area contributed by atoms with Crippen molar-refractivity contribution in [3.8, 4) is 11.1 Å². The number of hydrogen-bond donors (Lipinski definition) is 1. The van der Waals surface area contributed by atoms with Crippen molar-refractivity contribution in [1.29, 1.82) is 0 Å². The highest BCUT2D eigenvalue weighted by Crippen LogP contribution is 2.33. The van der Waals surface area contributed by atoms with Crippen LogP contribution in [0.4, 0.5) is 5.95 Å². The molecule has 1 atom stereocenters. The number of nitrogens with one attached hydrogen (secondary N) is 1. The van der Waals surface area contributed by atoms with Crippen molar-refractivity contribution in [3.05, 3.63) is 88.1 Å². The number of hydrogen-bond acceptors (Lipinski definition) is 4. The summed E-state index contributed by atoms with van der Waals surface area (Å²) in [7, 11) is 0. The molecular weight excluding hydrogens is 464 g/mol. The smallest absolute Gasteiger partial charge is 0.223 e. The van der Waals surface area contributed by atoms with E-state index in [4.69, 9.17) is 21.6 Å². The summed E-state index contributed by atoms with van der Waals surface area (Å²) in [5.41, 5.74) is 9.03. The first-order valence-electron chi connectivity index (χ1n) is 13.3. The maximum Gasteiger partial charge on any atom is 0.223 e. The summed E-state index contributed by atoms with van der Waals surface area (Å²) in [6, 6.07) is 22.0. The second-order valence-corrected chi connectivity index (χ2v) is 10.8. The summed E-state index contributed by atoms with van der Waals surface area (Å²) < 4.78 is 0. The highest BCUT2D eigenvalue weighted by atomic mass is 35.5. The fraction of sp³-hybridized carbons (Fsp3) is 0.355. The first-order valence-corrected chi connectivity index (χ1v) is 13.6. The van der Waals surface area contributed by atoms with Crippen LogP contribution >= 0.6 is 11.6 Å². The Morgan fingerprint density at radius 1 is 0.972 bits per heavy atom. The highest BCUT2D eigenvalue weighted by molar-refractivity contribution is 6.30. The number of benzene rings is 3. The van der Waals surface area contributed by atoms with Gasteiger partial charge in [-0.05, 0) is 104 Å². The van der Waals surface area contributed by atoms with E-state index < -0.39 is 0 Å². The van der Waals surface area contributed by atoms with Crippen molar-refractivity contribution in [2.45, 2.75) is 58.0 Å². The third kappa shape index (κ3) is 4.98. The largest absolute Gasteiger partial charge is 0.350 e. The molecule has 1 aliphatic heterocycles. The van der Waals surface area contributed by atoms with Gasteiger partial charge in [0.05, 0.1) is 11.2 Å². The zero-order chi connectivity index (χ0) is 24.5. The molecule has 1 saturated heterocycles. The summed E-state index contributed by atoms with van der Waals surface area (Å²) in [5, 5.41) is 5.57. The van der Waals surface area contributed by atoms with Crippen LogP contribution in [0.15, 0.2) is 60.7 Å². The Morgan fingerprint density at radius 3 is 2.72 bits per heavy atom. The van der Waals surface area contributed by atoms with Gasteiger partial charge in [-0.15, -0.1) is 0 Å². The van der Waals surface area contributed by atoms with Crippen LogP contribution in [-0.2, 0) is 19.4 Å². The fourth-order valence-corrected chi connectivity index (χ4v) is 6.04. The number of piperidine rings is 1. The van der Waals surface area contributed by atoms with E-state index >= 15 is 0 Å². The number of aryl methyl sites for hydroxylation is 2. The third-order valence-corrected chi connectivity index (χ3v) is 8.00. The maximum absolute atomic E-state index is 6.05. The minimum Gasteiger partial charge on any atom is -0.350 e. The predicted molar refractivity (Wildman–Crippen MR) is 150 cm³/mol. The van der Waals surface area contributed by atoms with Crippen LogP contribution in [0.3, 0.4) is 0 Å². The normalized spacial score (nSPS) is 18.2. The molecule has 5 heteroatoms. The zero-order valence-corrected chi connectivity index (χ0v) is 21.7. The first-order chi connectivity index (χ1) is 17.6. The second-order valence-electron chi connectivity index (χ2n) is 10.4. The lowest BCUT2D eigenvalue weighted by molar-refractivity contribution is 0.208. The number of halogens is 1. The molecule has 4 nitrogen and oxygen atoms in total. The second kappa shape index (κ2) is 10.2. The lowest BCUT2D eigenvalue weighted by atomic mass is 9.86. The minimum atomic E-state index is 0.345. The van der Waals surface area contributed by atoms with Gasteiger partial charge in [-0.2, -0.15) is 0 Å². The van der Waals surface area contributed by atoms with Gasteiger partial charge in [0.2, 0.25) is 5.95 Å². The minimum absolute atomic E-state index is 0.345. The Balaban J connectivity index is 1.20. The Morgan fingerprint density at radius 2 is 1.83 bits per heavy atom. The Kier molecular flexibility index (Phi) is 6.64. The first kappa shape index (κ1) is 23.4. The van der Waals surface area contributed by atoms with Crippen LogP contribution < -0.4 is 5.32 Å². The van der Waals surface area contributed by atoms with Crippen molar-refractivity contribution in [3.63, 3.8) is 0 Å². The van der Waals surface area contributed by atoms with Crippen LogP contribution in [-0.4, -0.2) is 34.0 Å². The van der Waals surface area contributed by atoms with E-state index in [9.17, 15) is 0 Å². The van der Waals surface area contributed by atoms with Gasteiger partial charge >= 0.3 is 0 Å². The standard InChI is InChI=1S/C31H33ClN4/c1-21-29-18-24(28-10-4-7-23-6-2-3-9-27(23)28)13-16-30(29)35-31(33-21)34-26-8-5-17-36(20-26)19-22-11-14-25(32)15-12-22/h4,7,10-16,18,26H,2-3,5-6,8-9,17,19-20H2,1H3,(H,33,34,35)/t26-/m0/s1. The van der Waals surface area contributed by atoms with Crippen LogP contribution in [0.5, 0.6) is 0 Å². The molecule has 1 aliphatic carbocycles. The topological polar surface area (TPSA) is 41.1 Å². The molecule has 0 amide bonds. The molecule has 0 unspecified atom stereocenters. The average molecular weight is 497 g/mol. The van der Waals surface area contributed by atoms with Crippen LogP contribution in [0, 0.1) is 6.92 Å². The quantitative estimate of drug-likeness (QED) is 0.317. The molecule has 2 heterocycles. The highest BCUT2D eigenvalue weighted by Gasteiger charge is 2.21. The molecular formula is C31H33ClN4. The monoisotopic (exact) mass is 496 g/mol. The molecule has 0 bridgehead atoms. The SMILES string of the molecule is Cc1nc(N[C@H]2CCCN(Cc3ccc(Cl)cc3)C2)nc2ccc(-c3cccc4c3CCCC4)cc12. The fourth-order valence-electron chi connectivity index (χ4n) is 5.91. The number of aromatic nitrogens is 2. The lowest BCUT2D eigenvalue weighted by Gasteiger charge is -2.33. The van der Waals surface area contributed by atoms with Gasteiger partial charge in [0.1, 0.15) is 0 Å². The van der Waals surface area contributed by atoms with Gasteiger partial charge < -0.3 is 5.32 Å². The van der Waals surface area contributed by atoms with E-state index in [1.54, 1.807) is 0 Å². The molecule has 184 valence electrons. The summed E-state index contributed by atoms with van der Waals surface area (Å²) in [5.74, 6) is 0.739. The van der Waals surface area contributed by atoms with E-state index in [0.717, 1.165) is 53.6 Å². The van der Waals surface area contributed by atoms with Crippen molar-refractivity contribution in [2.24, 2.45) is 0 Å². The summed E-state index contributed by atoms with van der Waals surface area (Å²) >= 11 is 6.05. The van der Waals surface area contributed by atoms with Gasteiger partial charge in [0, 0.05) is 29.5 Å². The number of rotatable bonds is 5. The van der Waals surface area contributed by atoms with Gasteiger partial charge in [-0.1, -0.05) is 48.0 Å². The van der Waals surface area contributed by atoms with Gasteiger partial charge in [0.25, 0.3) is 0 Å². The third-order valence-electron chi connectivity index (χ3n) is 7.75. The summed E-state index contributed by atoms with van der Waals surface area (Å²) in [4.78, 5) is 12.3. The van der Waals surface area contributed by atoms with Crippen molar-refractivity contribution in [2.75, 3.05) is 18.4 Å². The zero-order valence-electron chi connectivity index (χ0n) is 20.9. The number of anilines is 1. The molecule has 3 aromatic carbocycles. The summed E-state index contributed by atoms with van der Waals surface area (Å²) in [6.07, 6.45) is 7.27. The molecule has 1 fully saturated rings. The molecule has 2 aliphatic rings. The molecule has 4 aromatic rings. The molecule has 1 N–H and O–H groups in total. The number of fused-ring (bicyclic) bond motifs is 2. The molecule has 0 radical (unpaired) electrons. The van der Waals surface area contributed by atoms with Crippen LogP contribution in [0.2, 0.25) is 5.02 Å². The molecule has 0 saturated carbocycles. The van der Waals surface area contributed by atoms with Crippen molar-refractivity contribution < 1.29 is 0 Å². The molecule has 0 spiro atoms. The Bertz CT molecular complexity index is 1380. The predicted octanol–water partition coefficient (Wildman–Crippen LogP) is 7.21.